The van der Waals surface area contributed by atoms with Crippen molar-refractivity contribution in [2.45, 2.75) is 12.2 Å². The van der Waals surface area contributed by atoms with E-state index in [4.69, 9.17) is 0 Å². The van der Waals surface area contributed by atoms with Gasteiger partial charge in [0, 0.05) is 45.3 Å². The van der Waals surface area contributed by atoms with E-state index < -0.39 is 11.7 Å². The van der Waals surface area contributed by atoms with Crippen molar-refractivity contribution in [2.24, 2.45) is 0 Å². The van der Waals surface area contributed by atoms with Crippen LogP contribution in [0.2, 0.25) is 0 Å². The number of thiazole rings is 1. The molecule has 0 radical (unpaired) electrons. The lowest BCUT2D eigenvalue weighted by Gasteiger charge is -2.47. The van der Waals surface area contributed by atoms with Crippen LogP contribution in [0.3, 0.4) is 0 Å². The molecule has 3 saturated heterocycles. The van der Waals surface area contributed by atoms with E-state index in [2.05, 4.69) is 20.1 Å². The molecule has 0 aliphatic carbocycles. The highest BCUT2D eigenvalue weighted by Gasteiger charge is 2.32. The molecule has 0 amide bonds. The van der Waals surface area contributed by atoms with Crippen molar-refractivity contribution < 1.29 is 13.2 Å². The number of piperazine rings is 3. The number of aromatic nitrogens is 1. The zero-order chi connectivity index (χ0) is 16.0. The minimum atomic E-state index is -4.32. The summed E-state index contributed by atoms with van der Waals surface area (Å²) < 4.78 is 39.0. The number of alkyl halides is 3. The summed E-state index contributed by atoms with van der Waals surface area (Å²) in [5.41, 5.74) is -0.244. The van der Waals surface area contributed by atoms with Crippen LogP contribution < -0.4 is 5.32 Å². The molecule has 3 fully saturated rings. The summed E-state index contributed by atoms with van der Waals surface area (Å²) in [6, 6.07) is 4.19. The number of nitrogens with one attached hydrogen (secondary N) is 1. The maximum Gasteiger partial charge on any atom is 0.416 e. The molecule has 0 saturated carbocycles. The number of rotatable bonds is 3. The summed E-state index contributed by atoms with van der Waals surface area (Å²) in [7, 11) is 0. The monoisotopic (exact) mass is 342 g/mol. The number of halogens is 3. The predicted molar refractivity (Wildman–Crippen MR) is 84.9 cm³/mol. The standard InChI is InChI=1S/C15H17F3N4S/c16-15(17,18)10-1-2-13-12(7-10)20-14(23-13)19-8-11-9-21-3-5-22(11)6-4-21/h1-2,7,11H,3-6,8-9H2,(H,19,20). The first-order chi connectivity index (χ1) is 11.0. The maximum absolute atomic E-state index is 12.7. The Labute approximate surface area is 135 Å². The van der Waals surface area contributed by atoms with Crippen LogP contribution >= 0.6 is 11.3 Å². The molecule has 3 aliphatic rings. The molecule has 1 atom stereocenters. The maximum atomic E-state index is 12.7. The SMILES string of the molecule is FC(F)(F)c1ccc2sc(NCC3CN4CCN3CC4)nc2c1. The van der Waals surface area contributed by atoms with Crippen LogP contribution in [0.5, 0.6) is 0 Å². The Bertz CT molecular complexity index is 706. The molecule has 1 unspecified atom stereocenters. The van der Waals surface area contributed by atoms with Crippen molar-refractivity contribution in [3.8, 4) is 0 Å². The fraction of sp³-hybridized carbons (Fsp3) is 0.533. The fourth-order valence-electron chi connectivity index (χ4n) is 3.30. The van der Waals surface area contributed by atoms with Crippen LogP contribution in [0, 0.1) is 0 Å². The Morgan fingerprint density at radius 3 is 2.65 bits per heavy atom. The molecule has 0 spiro atoms. The fourth-order valence-corrected chi connectivity index (χ4v) is 4.16. The second-order valence-electron chi connectivity index (χ2n) is 6.07. The minimum Gasteiger partial charge on any atom is -0.360 e. The van der Waals surface area contributed by atoms with Gasteiger partial charge in [-0.3, -0.25) is 9.80 Å². The van der Waals surface area contributed by atoms with Gasteiger partial charge < -0.3 is 5.32 Å². The molecule has 124 valence electrons. The van der Waals surface area contributed by atoms with Crippen molar-refractivity contribution in [1.82, 2.24) is 14.8 Å². The first kappa shape index (κ1) is 15.2. The lowest BCUT2D eigenvalue weighted by Crippen LogP contribution is -2.62. The molecule has 1 aromatic carbocycles. The minimum absolute atomic E-state index is 0.404. The van der Waals surface area contributed by atoms with Gasteiger partial charge in [0.2, 0.25) is 0 Å². The average molecular weight is 342 g/mol. The van der Waals surface area contributed by atoms with Gasteiger partial charge in [0.1, 0.15) is 0 Å². The predicted octanol–water partition coefficient (Wildman–Crippen LogP) is 2.73. The Kier molecular flexibility index (Phi) is 3.70. The van der Waals surface area contributed by atoms with E-state index in [1.807, 2.05) is 0 Å². The molecule has 2 aromatic rings. The Morgan fingerprint density at radius 2 is 2.00 bits per heavy atom. The van der Waals surface area contributed by atoms with Crippen LogP contribution in [-0.4, -0.2) is 60.1 Å². The molecule has 4 heterocycles. The molecular weight excluding hydrogens is 325 g/mol. The van der Waals surface area contributed by atoms with Crippen molar-refractivity contribution >= 4 is 26.7 Å². The second-order valence-corrected chi connectivity index (χ2v) is 7.10. The molecule has 4 nitrogen and oxygen atoms in total. The Morgan fingerprint density at radius 1 is 1.22 bits per heavy atom. The Balaban J connectivity index is 1.47. The van der Waals surface area contributed by atoms with Gasteiger partial charge in [-0.05, 0) is 18.2 Å². The summed E-state index contributed by atoms with van der Waals surface area (Å²) in [4.78, 5) is 9.24. The number of anilines is 1. The van der Waals surface area contributed by atoms with Crippen molar-refractivity contribution in [3.05, 3.63) is 23.8 Å². The van der Waals surface area contributed by atoms with Crippen LogP contribution in [0.25, 0.3) is 10.2 Å². The number of fused-ring (bicyclic) bond motifs is 4. The average Bonchev–Trinajstić information content (AvgIpc) is 2.95. The van der Waals surface area contributed by atoms with Crippen molar-refractivity contribution in [3.63, 3.8) is 0 Å². The van der Waals surface area contributed by atoms with Crippen LogP contribution in [0.15, 0.2) is 18.2 Å². The van der Waals surface area contributed by atoms with Gasteiger partial charge in [0.25, 0.3) is 0 Å². The van der Waals surface area contributed by atoms with Gasteiger partial charge in [-0.15, -0.1) is 0 Å². The van der Waals surface area contributed by atoms with E-state index in [0.717, 1.165) is 56.1 Å². The van der Waals surface area contributed by atoms with Gasteiger partial charge in [0.05, 0.1) is 15.8 Å². The van der Waals surface area contributed by atoms with Crippen LogP contribution in [0.1, 0.15) is 5.56 Å². The number of nitrogens with zero attached hydrogens (tertiary/aromatic N) is 3. The zero-order valence-electron chi connectivity index (χ0n) is 12.4. The van der Waals surface area contributed by atoms with Gasteiger partial charge in [-0.1, -0.05) is 11.3 Å². The second kappa shape index (κ2) is 5.61. The highest BCUT2D eigenvalue weighted by Crippen LogP contribution is 2.34. The van der Waals surface area contributed by atoms with Gasteiger partial charge in [0.15, 0.2) is 5.13 Å². The Hall–Kier alpha value is -1.38. The highest BCUT2D eigenvalue weighted by atomic mass is 32.1. The van der Waals surface area contributed by atoms with E-state index >= 15 is 0 Å². The van der Waals surface area contributed by atoms with Gasteiger partial charge >= 0.3 is 6.18 Å². The molecule has 2 bridgehead atoms. The summed E-state index contributed by atoms with van der Waals surface area (Å²) in [5.74, 6) is 0. The number of hydrogen-bond acceptors (Lipinski definition) is 5. The van der Waals surface area contributed by atoms with E-state index in [1.54, 1.807) is 0 Å². The third kappa shape index (κ3) is 3.02. The third-order valence-electron chi connectivity index (χ3n) is 4.60. The van der Waals surface area contributed by atoms with Crippen molar-refractivity contribution in [2.75, 3.05) is 44.6 Å². The summed E-state index contributed by atoms with van der Waals surface area (Å²) in [5, 5.41) is 4.00. The topological polar surface area (TPSA) is 31.4 Å². The molecule has 1 N–H and O–H groups in total. The van der Waals surface area contributed by atoms with E-state index in [0.29, 0.717) is 16.7 Å². The molecular formula is C15H17F3N4S. The van der Waals surface area contributed by atoms with E-state index in [1.165, 1.54) is 17.4 Å². The smallest absolute Gasteiger partial charge is 0.360 e. The zero-order valence-corrected chi connectivity index (χ0v) is 13.3. The first-order valence-electron chi connectivity index (χ1n) is 7.67. The summed E-state index contributed by atoms with van der Waals surface area (Å²) in [6.07, 6.45) is -4.32. The third-order valence-corrected chi connectivity index (χ3v) is 5.59. The van der Waals surface area contributed by atoms with Gasteiger partial charge in [-0.25, -0.2) is 4.98 Å². The number of benzene rings is 1. The normalized spacial score (nSPS) is 27.5. The molecule has 23 heavy (non-hydrogen) atoms. The molecule has 8 heteroatoms. The van der Waals surface area contributed by atoms with Crippen LogP contribution in [0.4, 0.5) is 18.3 Å². The highest BCUT2D eigenvalue weighted by molar-refractivity contribution is 7.22. The first-order valence-corrected chi connectivity index (χ1v) is 8.49. The van der Waals surface area contributed by atoms with E-state index in [-0.39, 0.29) is 0 Å². The van der Waals surface area contributed by atoms with Crippen molar-refractivity contribution in [1.29, 1.82) is 0 Å². The van der Waals surface area contributed by atoms with Crippen LogP contribution in [-0.2, 0) is 6.18 Å². The number of hydrogen-bond donors (Lipinski definition) is 1. The lowest BCUT2D eigenvalue weighted by atomic mass is 10.1. The summed E-state index contributed by atoms with van der Waals surface area (Å²) in [6.45, 7) is 6.30. The largest absolute Gasteiger partial charge is 0.416 e. The quantitative estimate of drug-likeness (QED) is 0.929. The molecule has 3 aliphatic heterocycles. The van der Waals surface area contributed by atoms with Gasteiger partial charge in [-0.2, -0.15) is 13.2 Å². The molecule has 5 rings (SSSR count). The summed E-state index contributed by atoms with van der Waals surface area (Å²) >= 11 is 1.40. The van der Waals surface area contributed by atoms with E-state index in [9.17, 15) is 13.2 Å². The molecule has 1 aromatic heterocycles. The lowest BCUT2D eigenvalue weighted by molar-refractivity contribution is -0.137.